The predicted molar refractivity (Wildman–Crippen MR) is 83.0 cm³/mol. The van der Waals surface area contributed by atoms with E-state index in [1.54, 1.807) is 6.92 Å². The summed E-state index contributed by atoms with van der Waals surface area (Å²) in [4.78, 5) is 22.5. The van der Waals surface area contributed by atoms with Crippen LogP contribution in [0.2, 0.25) is 0 Å². The fraction of sp³-hybridized carbons (Fsp3) is 0.429. The van der Waals surface area contributed by atoms with Crippen LogP contribution in [0.5, 0.6) is 5.75 Å². The van der Waals surface area contributed by atoms with E-state index >= 15 is 0 Å². The first-order valence-corrected chi connectivity index (χ1v) is 8.33. The number of amides is 1. The summed E-state index contributed by atoms with van der Waals surface area (Å²) >= 11 is 0. The number of sulfonamides is 1. The lowest BCUT2D eigenvalue weighted by Gasteiger charge is -2.14. The van der Waals surface area contributed by atoms with Gasteiger partial charge < -0.3 is 15.2 Å². The Kier molecular flexibility index (Phi) is 6.52. The van der Waals surface area contributed by atoms with Crippen molar-refractivity contribution in [3.8, 4) is 5.75 Å². The second-order valence-corrected chi connectivity index (χ2v) is 6.74. The van der Waals surface area contributed by atoms with E-state index in [-0.39, 0.29) is 35.1 Å². The number of aliphatic carboxylic acids is 1. The van der Waals surface area contributed by atoms with Crippen LogP contribution in [0.1, 0.15) is 30.1 Å². The quantitative estimate of drug-likeness (QED) is 0.634. The van der Waals surface area contributed by atoms with Crippen molar-refractivity contribution < 1.29 is 27.9 Å². The van der Waals surface area contributed by atoms with Gasteiger partial charge in [0.2, 0.25) is 10.0 Å². The molecule has 0 aliphatic rings. The molecule has 9 heteroatoms. The van der Waals surface area contributed by atoms with Crippen LogP contribution < -0.4 is 14.8 Å². The first-order valence-electron chi connectivity index (χ1n) is 6.85. The lowest BCUT2D eigenvalue weighted by Crippen LogP contribution is -2.33. The van der Waals surface area contributed by atoms with Crippen LogP contribution in [0.3, 0.4) is 0 Å². The van der Waals surface area contributed by atoms with Gasteiger partial charge in [0.15, 0.2) is 0 Å². The molecule has 1 rings (SSSR count). The summed E-state index contributed by atoms with van der Waals surface area (Å²) in [6, 6.07) is 3.68. The Balaban J connectivity index is 2.98. The minimum absolute atomic E-state index is 0.0660. The summed E-state index contributed by atoms with van der Waals surface area (Å²) in [5.74, 6) is -1.31. The number of hydrogen-bond donors (Lipinski definition) is 3. The number of carboxylic acid groups (broad SMARTS) is 1. The van der Waals surface area contributed by atoms with E-state index in [1.807, 2.05) is 0 Å². The number of methoxy groups -OCH3 is 1. The van der Waals surface area contributed by atoms with Crippen molar-refractivity contribution in [1.29, 1.82) is 0 Å². The third kappa shape index (κ3) is 5.22. The van der Waals surface area contributed by atoms with Gasteiger partial charge in [0.05, 0.1) is 7.11 Å². The maximum atomic E-state index is 12.2. The Labute approximate surface area is 134 Å². The van der Waals surface area contributed by atoms with E-state index in [9.17, 15) is 18.0 Å². The largest absolute Gasteiger partial charge is 0.495 e. The first kappa shape index (κ1) is 18.9. The van der Waals surface area contributed by atoms with Gasteiger partial charge in [-0.1, -0.05) is 0 Å². The van der Waals surface area contributed by atoms with E-state index in [0.29, 0.717) is 0 Å². The van der Waals surface area contributed by atoms with Crippen LogP contribution in [0.25, 0.3) is 0 Å². The Morgan fingerprint density at radius 2 is 2.00 bits per heavy atom. The van der Waals surface area contributed by atoms with Crippen LogP contribution in [-0.4, -0.2) is 45.6 Å². The lowest BCUT2D eigenvalue weighted by atomic mass is 10.1. The fourth-order valence-corrected chi connectivity index (χ4v) is 2.78. The van der Waals surface area contributed by atoms with Gasteiger partial charge in [-0.05, 0) is 38.6 Å². The van der Waals surface area contributed by atoms with Gasteiger partial charge in [0.25, 0.3) is 5.91 Å². The van der Waals surface area contributed by atoms with Crippen molar-refractivity contribution in [2.75, 3.05) is 14.2 Å². The van der Waals surface area contributed by atoms with Crippen LogP contribution in [0.15, 0.2) is 23.1 Å². The number of hydrogen-bond acceptors (Lipinski definition) is 5. The summed E-state index contributed by atoms with van der Waals surface area (Å²) in [7, 11) is -1.19. The summed E-state index contributed by atoms with van der Waals surface area (Å²) in [6.07, 6.45) is 0.211. The van der Waals surface area contributed by atoms with E-state index in [1.165, 1.54) is 32.4 Å². The Morgan fingerprint density at radius 1 is 1.35 bits per heavy atom. The minimum Gasteiger partial charge on any atom is -0.495 e. The lowest BCUT2D eigenvalue weighted by molar-refractivity contribution is -0.137. The second kappa shape index (κ2) is 7.93. The van der Waals surface area contributed by atoms with E-state index < -0.39 is 21.9 Å². The number of benzene rings is 1. The molecule has 8 nitrogen and oxygen atoms in total. The molecule has 0 saturated carbocycles. The molecule has 1 unspecified atom stereocenters. The summed E-state index contributed by atoms with van der Waals surface area (Å²) < 4.78 is 31.1. The van der Waals surface area contributed by atoms with Gasteiger partial charge in [-0.25, -0.2) is 13.1 Å². The highest BCUT2D eigenvalue weighted by Crippen LogP contribution is 2.24. The number of nitrogens with one attached hydrogen (secondary N) is 2. The van der Waals surface area contributed by atoms with E-state index in [4.69, 9.17) is 9.84 Å². The van der Waals surface area contributed by atoms with Crippen molar-refractivity contribution >= 4 is 21.9 Å². The van der Waals surface area contributed by atoms with Gasteiger partial charge in [-0.3, -0.25) is 9.59 Å². The van der Waals surface area contributed by atoms with Gasteiger partial charge in [0.1, 0.15) is 10.6 Å². The molecule has 0 aliphatic carbocycles. The van der Waals surface area contributed by atoms with Crippen LogP contribution in [0.4, 0.5) is 0 Å². The van der Waals surface area contributed by atoms with Gasteiger partial charge in [-0.2, -0.15) is 0 Å². The van der Waals surface area contributed by atoms with E-state index in [0.717, 1.165) is 0 Å². The summed E-state index contributed by atoms with van der Waals surface area (Å²) in [5, 5.41) is 11.3. The molecule has 0 aliphatic heterocycles. The minimum atomic E-state index is -3.78. The maximum Gasteiger partial charge on any atom is 0.303 e. The van der Waals surface area contributed by atoms with E-state index in [2.05, 4.69) is 10.0 Å². The topological polar surface area (TPSA) is 122 Å². The molecule has 0 saturated heterocycles. The van der Waals surface area contributed by atoms with Crippen molar-refractivity contribution in [1.82, 2.24) is 10.0 Å². The monoisotopic (exact) mass is 344 g/mol. The van der Waals surface area contributed by atoms with Gasteiger partial charge in [-0.15, -0.1) is 0 Å². The molecule has 128 valence electrons. The predicted octanol–water partition coefficient (Wildman–Crippen LogP) is 0.586. The van der Waals surface area contributed by atoms with Crippen molar-refractivity contribution in [2.45, 2.75) is 30.7 Å². The zero-order chi connectivity index (χ0) is 17.6. The molecule has 0 bridgehead atoms. The summed E-state index contributed by atoms with van der Waals surface area (Å²) in [6.45, 7) is 1.68. The number of carbonyl (C=O) groups is 2. The van der Waals surface area contributed by atoms with Crippen molar-refractivity contribution in [3.63, 3.8) is 0 Å². The number of carboxylic acids is 1. The molecule has 0 fully saturated rings. The second-order valence-electron chi connectivity index (χ2n) is 4.88. The highest BCUT2D eigenvalue weighted by atomic mass is 32.2. The number of rotatable bonds is 8. The average molecular weight is 344 g/mol. The summed E-state index contributed by atoms with van der Waals surface area (Å²) in [5.41, 5.74) is 0.141. The first-order chi connectivity index (χ1) is 10.7. The number of carbonyl (C=O) groups excluding carboxylic acids is 1. The molecule has 3 N–H and O–H groups in total. The van der Waals surface area contributed by atoms with Gasteiger partial charge >= 0.3 is 5.97 Å². The standard InChI is InChI=1S/C14H20N2O6S/c1-9(4-7-13(17)18)16-14(19)10-5-6-11(22-3)12(8-10)23(20,21)15-2/h5-6,8-9,15H,4,7H2,1-3H3,(H,16,19)(H,17,18). The zero-order valence-electron chi connectivity index (χ0n) is 13.1. The molecule has 1 aromatic carbocycles. The third-order valence-corrected chi connectivity index (χ3v) is 4.59. The Morgan fingerprint density at radius 3 is 2.52 bits per heavy atom. The highest BCUT2D eigenvalue weighted by Gasteiger charge is 2.20. The Hall–Kier alpha value is -2.13. The van der Waals surface area contributed by atoms with Crippen molar-refractivity contribution in [3.05, 3.63) is 23.8 Å². The van der Waals surface area contributed by atoms with Crippen LogP contribution >= 0.6 is 0 Å². The van der Waals surface area contributed by atoms with Crippen LogP contribution in [-0.2, 0) is 14.8 Å². The molecule has 23 heavy (non-hydrogen) atoms. The highest BCUT2D eigenvalue weighted by molar-refractivity contribution is 7.89. The molecule has 1 amide bonds. The average Bonchev–Trinajstić information content (AvgIpc) is 2.52. The Bertz CT molecular complexity index is 687. The van der Waals surface area contributed by atoms with Gasteiger partial charge in [0, 0.05) is 18.0 Å². The molecular formula is C14H20N2O6S. The zero-order valence-corrected chi connectivity index (χ0v) is 13.9. The number of ether oxygens (including phenoxy) is 1. The molecular weight excluding hydrogens is 324 g/mol. The SMILES string of the molecule is CNS(=O)(=O)c1cc(C(=O)NC(C)CCC(=O)O)ccc1OC. The van der Waals surface area contributed by atoms with Crippen LogP contribution in [0, 0.1) is 0 Å². The normalized spacial score (nSPS) is 12.5. The fourth-order valence-electron chi connectivity index (χ4n) is 1.86. The van der Waals surface area contributed by atoms with Crippen molar-refractivity contribution in [2.24, 2.45) is 0 Å². The molecule has 0 spiro atoms. The molecule has 0 heterocycles. The molecule has 1 atom stereocenters. The third-order valence-electron chi connectivity index (χ3n) is 3.15. The smallest absolute Gasteiger partial charge is 0.303 e. The maximum absolute atomic E-state index is 12.2. The molecule has 0 radical (unpaired) electrons. The molecule has 0 aromatic heterocycles. The molecule has 1 aromatic rings.